The number of thiocarbonyl (C=S) groups is 1. The monoisotopic (exact) mass is 427 g/mol. The van der Waals surface area contributed by atoms with E-state index in [0.717, 1.165) is 24.2 Å². The Morgan fingerprint density at radius 2 is 1.96 bits per heavy atom. The fraction of sp³-hybridized carbons (Fsp3) is 0.368. The molecule has 0 amide bonds. The minimum absolute atomic E-state index is 0.00269. The van der Waals surface area contributed by atoms with Crippen molar-refractivity contribution in [2.24, 2.45) is 5.92 Å². The summed E-state index contributed by atoms with van der Waals surface area (Å²) in [6.45, 7) is 1.86. The number of alkyl halides is 3. The molecule has 2 atom stereocenters. The number of anilines is 1. The molecule has 0 aliphatic carbocycles. The van der Waals surface area contributed by atoms with Gasteiger partial charge in [-0.1, -0.05) is 17.7 Å². The Bertz CT molecular complexity index is 991. The Hall–Kier alpha value is -2.06. The largest absolute Gasteiger partial charge is 0.416 e. The normalized spacial score (nSPS) is 21.2. The molecule has 2 aliphatic heterocycles. The second-order valence-electron chi connectivity index (χ2n) is 7.23. The van der Waals surface area contributed by atoms with Crippen molar-refractivity contribution in [2.75, 3.05) is 18.4 Å². The lowest BCUT2D eigenvalue weighted by molar-refractivity contribution is -0.137. The number of nitrogens with zero attached hydrogens (tertiary/aromatic N) is 2. The summed E-state index contributed by atoms with van der Waals surface area (Å²) in [5, 5.41) is 3.38. The van der Waals surface area contributed by atoms with E-state index in [1.165, 1.54) is 6.07 Å². The molecule has 148 valence electrons. The summed E-state index contributed by atoms with van der Waals surface area (Å²) >= 11 is 11.5. The highest BCUT2D eigenvalue weighted by Gasteiger charge is 2.36. The number of rotatable bonds is 1. The fourth-order valence-electron chi connectivity index (χ4n) is 4.05. The van der Waals surface area contributed by atoms with Crippen LogP contribution in [-0.4, -0.2) is 27.7 Å². The van der Waals surface area contributed by atoms with Gasteiger partial charge in [-0.25, -0.2) is 0 Å². The lowest BCUT2D eigenvalue weighted by Gasteiger charge is -2.43. The first kappa shape index (κ1) is 19.3. The molecule has 1 fully saturated rings. The van der Waals surface area contributed by atoms with Gasteiger partial charge in [0.2, 0.25) is 0 Å². The molecule has 0 spiro atoms. The number of aromatic nitrogens is 1. The maximum Gasteiger partial charge on any atom is 0.416 e. The molecule has 1 unspecified atom stereocenters. The van der Waals surface area contributed by atoms with Crippen LogP contribution in [0.25, 0.3) is 0 Å². The fourth-order valence-corrected chi connectivity index (χ4v) is 4.48. The van der Waals surface area contributed by atoms with E-state index in [2.05, 4.69) is 5.32 Å². The highest BCUT2D eigenvalue weighted by molar-refractivity contribution is 7.80. The van der Waals surface area contributed by atoms with E-state index in [-0.39, 0.29) is 28.1 Å². The highest BCUT2D eigenvalue weighted by atomic mass is 35.5. The lowest BCUT2D eigenvalue weighted by Crippen LogP contribution is -2.50. The molecule has 2 bridgehead atoms. The Labute approximate surface area is 169 Å². The molecule has 2 aromatic rings. The van der Waals surface area contributed by atoms with E-state index in [4.69, 9.17) is 23.8 Å². The molecule has 0 saturated carbocycles. The standard InChI is InChI=1S/C19H17ClF3N3OS/c20-14-5-4-13(19(21,22)23)7-15(14)24-18(28)25-8-11-6-12(10-25)16-2-1-3-17(27)26(16)9-11/h1-5,7,11-12H,6,8-10H2,(H,24,28)/t11?,12-/m0/s1. The molecule has 9 heteroatoms. The van der Waals surface area contributed by atoms with Crippen molar-refractivity contribution in [3.63, 3.8) is 0 Å². The Kier molecular flexibility index (Phi) is 4.87. The van der Waals surface area contributed by atoms with E-state index in [9.17, 15) is 18.0 Å². The van der Waals surface area contributed by atoms with Gasteiger partial charge in [0.25, 0.3) is 5.56 Å². The van der Waals surface area contributed by atoms with Crippen LogP contribution in [0.15, 0.2) is 41.2 Å². The van der Waals surface area contributed by atoms with Crippen molar-refractivity contribution < 1.29 is 13.2 Å². The quantitative estimate of drug-likeness (QED) is 0.687. The lowest BCUT2D eigenvalue weighted by atomic mass is 9.83. The van der Waals surface area contributed by atoms with Crippen LogP contribution in [0.1, 0.15) is 23.6 Å². The predicted molar refractivity (Wildman–Crippen MR) is 106 cm³/mol. The van der Waals surface area contributed by atoms with Gasteiger partial charge >= 0.3 is 6.18 Å². The van der Waals surface area contributed by atoms with Gasteiger partial charge in [0.15, 0.2) is 5.11 Å². The van der Waals surface area contributed by atoms with Crippen molar-refractivity contribution in [2.45, 2.75) is 25.1 Å². The zero-order valence-electron chi connectivity index (χ0n) is 14.7. The summed E-state index contributed by atoms with van der Waals surface area (Å²) in [6.07, 6.45) is -3.49. The summed E-state index contributed by atoms with van der Waals surface area (Å²) in [5.41, 5.74) is 0.324. The third-order valence-electron chi connectivity index (χ3n) is 5.30. The number of likely N-dealkylation sites (tertiary alicyclic amines) is 1. The summed E-state index contributed by atoms with van der Waals surface area (Å²) in [5.74, 6) is 0.404. The number of hydrogen-bond donors (Lipinski definition) is 1. The summed E-state index contributed by atoms with van der Waals surface area (Å²) in [6, 6.07) is 8.39. The first-order valence-corrected chi connectivity index (χ1v) is 9.63. The number of nitrogens with one attached hydrogen (secondary N) is 1. The maximum absolute atomic E-state index is 13.0. The number of fused-ring (bicyclic) bond motifs is 4. The van der Waals surface area contributed by atoms with Crippen LogP contribution in [0.2, 0.25) is 5.02 Å². The van der Waals surface area contributed by atoms with Gasteiger partial charge < -0.3 is 14.8 Å². The molecular weight excluding hydrogens is 411 g/mol. The van der Waals surface area contributed by atoms with Gasteiger partial charge in [0.1, 0.15) is 0 Å². The van der Waals surface area contributed by atoms with Crippen LogP contribution in [0.5, 0.6) is 0 Å². The maximum atomic E-state index is 13.0. The van der Waals surface area contributed by atoms with Crippen molar-refractivity contribution in [3.8, 4) is 0 Å². The second kappa shape index (κ2) is 7.08. The minimum atomic E-state index is -4.46. The predicted octanol–water partition coefficient (Wildman–Crippen LogP) is 4.34. The van der Waals surface area contributed by atoms with Crippen molar-refractivity contribution in [3.05, 3.63) is 63.0 Å². The number of hydrogen-bond acceptors (Lipinski definition) is 2. The number of piperidine rings is 1. The van der Waals surface area contributed by atoms with Crippen LogP contribution in [-0.2, 0) is 12.7 Å². The number of halogens is 4. The molecule has 3 heterocycles. The SMILES string of the molecule is O=c1cccc2n1CC1C[C@H]2CN(C(=S)Nc2cc(C(F)(F)F)ccc2Cl)C1. The number of benzene rings is 1. The van der Waals surface area contributed by atoms with E-state index >= 15 is 0 Å². The van der Waals surface area contributed by atoms with Gasteiger partial charge in [-0.2, -0.15) is 13.2 Å². The zero-order chi connectivity index (χ0) is 20.1. The van der Waals surface area contributed by atoms with Gasteiger partial charge in [0, 0.05) is 37.3 Å². The molecule has 1 aromatic heterocycles. The molecule has 1 N–H and O–H groups in total. The molecule has 2 aliphatic rings. The first-order chi connectivity index (χ1) is 13.2. The molecular formula is C19H17ClF3N3OS. The van der Waals surface area contributed by atoms with Crippen molar-refractivity contribution in [1.82, 2.24) is 9.47 Å². The van der Waals surface area contributed by atoms with Gasteiger partial charge in [-0.3, -0.25) is 4.79 Å². The Morgan fingerprint density at radius 1 is 1.18 bits per heavy atom. The molecule has 1 aromatic carbocycles. The average molecular weight is 428 g/mol. The summed E-state index contributed by atoms with van der Waals surface area (Å²) in [4.78, 5) is 14.1. The van der Waals surface area contributed by atoms with Crippen LogP contribution in [0.3, 0.4) is 0 Å². The average Bonchev–Trinajstić information content (AvgIpc) is 2.63. The molecule has 28 heavy (non-hydrogen) atoms. The van der Waals surface area contributed by atoms with Crippen molar-refractivity contribution in [1.29, 1.82) is 0 Å². The number of pyridine rings is 1. The smallest absolute Gasteiger partial charge is 0.348 e. The molecule has 4 rings (SSSR count). The summed E-state index contributed by atoms with van der Waals surface area (Å²) in [7, 11) is 0. The third-order valence-corrected chi connectivity index (χ3v) is 5.99. The molecule has 4 nitrogen and oxygen atoms in total. The first-order valence-electron chi connectivity index (χ1n) is 8.85. The summed E-state index contributed by atoms with van der Waals surface area (Å²) < 4.78 is 40.8. The van der Waals surface area contributed by atoms with Gasteiger partial charge in [-0.05, 0) is 48.8 Å². The van der Waals surface area contributed by atoms with Crippen LogP contribution < -0.4 is 10.9 Å². The van der Waals surface area contributed by atoms with E-state index in [1.807, 2.05) is 15.5 Å². The van der Waals surface area contributed by atoms with Crippen LogP contribution in [0, 0.1) is 5.92 Å². The zero-order valence-corrected chi connectivity index (χ0v) is 16.2. The Balaban J connectivity index is 1.54. The molecule has 1 saturated heterocycles. The van der Waals surface area contributed by atoms with Gasteiger partial charge in [-0.15, -0.1) is 0 Å². The van der Waals surface area contributed by atoms with E-state index in [0.29, 0.717) is 24.7 Å². The third kappa shape index (κ3) is 3.63. The van der Waals surface area contributed by atoms with Crippen LogP contribution >= 0.6 is 23.8 Å². The molecule has 0 radical (unpaired) electrons. The van der Waals surface area contributed by atoms with Crippen molar-refractivity contribution >= 4 is 34.6 Å². The van der Waals surface area contributed by atoms with Crippen LogP contribution in [0.4, 0.5) is 18.9 Å². The highest BCUT2D eigenvalue weighted by Crippen LogP contribution is 2.36. The topological polar surface area (TPSA) is 37.3 Å². The van der Waals surface area contributed by atoms with Gasteiger partial charge in [0.05, 0.1) is 16.3 Å². The Morgan fingerprint density at radius 3 is 2.71 bits per heavy atom. The minimum Gasteiger partial charge on any atom is -0.348 e. The van der Waals surface area contributed by atoms with E-state index < -0.39 is 11.7 Å². The van der Waals surface area contributed by atoms with E-state index in [1.54, 1.807) is 12.1 Å². The second-order valence-corrected chi connectivity index (χ2v) is 8.02.